The van der Waals surface area contributed by atoms with Crippen LogP contribution >= 0.6 is 0 Å². The van der Waals surface area contributed by atoms with E-state index < -0.39 is 0 Å². The number of hydrogen-bond acceptors (Lipinski definition) is 5. The minimum Gasteiger partial charge on any atom is -0.493 e. The Hall–Kier alpha value is -3.15. The minimum absolute atomic E-state index is 0.0866. The highest BCUT2D eigenvalue weighted by Crippen LogP contribution is 2.37. The Kier molecular flexibility index (Phi) is 3.70. The molecule has 2 aliphatic rings. The highest BCUT2D eigenvalue weighted by Gasteiger charge is 2.30. The fourth-order valence-corrected chi connectivity index (χ4v) is 3.84. The molecule has 0 saturated carbocycles. The third-order valence-corrected chi connectivity index (χ3v) is 5.28. The fraction of sp³-hybridized carbons (Fsp3) is 0.286. The number of amides is 1. The lowest BCUT2D eigenvalue weighted by Crippen LogP contribution is -2.28. The number of nitrogens with zero attached hydrogens (tertiary/aromatic N) is 1. The van der Waals surface area contributed by atoms with Crippen molar-refractivity contribution in [3.63, 3.8) is 0 Å². The molecule has 138 valence electrons. The third kappa shape index (κ3) is 2.68. The van der Waals surface area contributed by atoms with Gasteiger partial charge in [0.2, 0.25) is 6.79 Å². The molecule has 6 heteroatoms. The van der Waals surface area contributed by atoms with Gasteiger partial charge in [0.15, 0.2) is 28.6 Å². The first-order valence-corrected chi connectivity index (χ1v) is 8.98. The van der Waals surface area contributed by atoms with Crippen LogP contribution in [0.2, 0.25) is 0 Å². The van der Waals surface area contributed by atoms with Crippen molar-refractivity contribution in [3.8, 4) is 17.2 Å². The molecule has 0 radical (unpaired) electrons. The van der Waals surface area contributed by atoms with Crippen molar-refractivity contribution < 1.29 is 23.4 Å². The summed E-state index contributed by atoms with van der Waals surface area (Å²) in [6.07, 6.45) is 0.912. The van der Waals surface area contributed by atoms with E-state index in [1.165, 1.54) is 5.56 Å². The van der Waals surface area contributed by atoms with Crippen LogP contribution in [0.3, 0.4) is 0 Å². The van der Waals surface area contributed by atoms with E-state index in [1.807, 2.05) is 35.2 Å². The van der Waals surface area contributed by atoms with Gasteiger partial charge in [-0.2, -0.15) is 0 Å². The van der Waals surface area contributed by atoms with E-state index in [-0.39, 0.29) is 18.6 Å². The molecule has 27 heavy (non-hydrogen) atoms. The molecule has 1 atom stereocenters. The summed E-state index contributed by atoms with van der Waals surface area (Å²) in [7, 11) is 1.59. The molecule has 3 aromatic rings. The maximum Gasteiger partial charge on any atom is 0.289 e. The summed E-state index contributed by atoms with van der Waals surface area (Å²) in [5.41, 5.74) is 1.77. The number of methoxy groups -OCH3 is 1. The molecule has 0 bridgehead atoms. The summed E-state index contributed by atoms with van der Waals surface area (Å²) in [6, 6.07) is 13.4. The number of para-hydroxylation sites is 1. The van der Waals surface area contributed by atoms with Gasteiger partial charge >= 0.3 is 0 Å². The van der Waals surface area contributed by atoms with Crippen LogP contribution in [0.15, 0.2) is 46.9 Å². The predicted octanol–water partition coefficient (Wildman–Crippen LogP) is 3.80. The molecule has 3 heterocycles. The number of benzene rings is 2. The Morgan fingerprint density at radius 2 is 2.04 bits per heavy atom. The topological polar surface area (TPSA) is 61.1 Å². The van der Waals surface area contributed by atoms with Gasteiger partial charge in [0.25, 0.3) is 5.91 Å². The number of ether oxygens (including phenoxy) is 3. The first kappa shape index (κ1) is 16.1. The van der Waals surface area contributed by atoms with Gasteiger partial charge in [-0.15, -0.1) is 0 Å². The van der Waals surface area contributed by atoms with Gasteiger partial charge in [-0.05, 0) is 36.2 Å². The summed E-state index contributed by atoms with van der Waals surface area (Å²) < 4.78 is 22.0. The Morgan fingerprint density at radius 1 is 1.15 bits per heavy atom. The summed E-state index contributed by atoms with van der Waals surface area (Å²) in [4.78, 5) is 14.8. The lowest BCUT2D eigenvalue weighted by molar-refractivity contribution is 0.0761. The average Bonchev–Trinajstić information content (AvgIpc) is 3.44. The molecule has 0 N–H and O–H groups in total. The number of rotatable bonds is 3. The van der Waals surface area contributed by atoms with Crippen LogP contribution in [-0.4, -0.2) is 37.8 Å². The first-order chi connectivity index (χ1) is 13.2. The highest BCUT2D eigenvalue weighted by molar-refractivity contribution is 5.97. The van der Waals surface area contributed by atoms with Crippen LogP contribution < -0.4 is 14.2 Å². The van der Waals surface area contributed by atoms with Crippen LogP contribution in [0.5, 0.6) is 17.2 Å². The van der Waals surface area contributed by atoms with E-state index in [1.54, 1.807) is 13.2 Å². The van der Waals surface area contributed by atoms with E-state index in [4.69, 9.17) is 18.6 Å². The molecule has 0 spiro atoms. The number of fused-ring (bicyclic) bond motifs is 2. The Bertz CT molecular complexity index is 1020. The highest BCUT2D eigenvalue weighted by atomic mass is 16.7. The maximum atomic E-state index is 12.9. The van der Waals surface area contributed by atoms with Gasteiger partial charge in [0.05, 0.1) is 7.11 Å². The summed E-state index contributed by atoms with van der Waals surface area (Å²) >= 11 is 0. The van der Waals surface area contributed by atoms with Crippen LogP contribution in [0.4, 0.5) is 0 Å². The standard InChI is InChI=1S/C21H19NO5/c1-24-17-4-2-3-14-10-19(27-20(14)17)21(23)22-8-7-15(11-22)13-5-6-16-18(9-13)26-12-25-16/h2-6,9-10,15H,7-8,11-12H2,1H3/t15-/m1/s1. The zero-order chi connectivity index (χ0) is 18.4. The Balaban J connectivity index is 1.36. The van der Waals surface area contributed by atoms with Crippen molar-refractivity contribution >= 4 is 16.9 Å². The van der Waals surface area contributed by atoms with Crippen molar-refractivity contribution in [3.05, 3.63) is 53.8 Å². The lowest BCUT2D eigenvalue weighted by Gasteiger charge is -2.15. The van der Waals surface area contributed by atoms with E-state index in [0.717, 1.165) is 23.3 Å². The molecule has 1 amide bonds. The quantitative estimate of drug-likeness (QED) is 0.707. The predicted molar refractivity (Wildman–Crippen MR) is 98.6 cm³/mol. The Labute approximate surface area is 156 Å². The van der Waals surface area contributed by atoms with Crippen LogP contribution in [0, 0.1) is 0 Å². The number of carbonyl (C=O) groups is 1. The van der Waals surface area contributed by atoms with E-state index in [9.17, 15) is 4.79 Å². The smallest absolute Gasteiger partial charge is 0.289 e. The zero-order valence-corrected chi connectivity index (χ0v) is 14.9. The fourth-order valence-electron chi connectivity index (χ4n) is 3.84. The van der Waals surface area contributed by atoms with E-state index in [0.29, 0.717) is 30.2 Å². The summed E-state index contributed by atoms with van der Waals surface area (Å²) in [6.45, 7) is 1.63. The van der Waals surface area contributed by atoms with Gasteiger partial charge in [-0.3, -0.25) is 4.79 Å². The second-order valence-electron chi connectivity index (χ2n) is 6.84. The molecule has 2 aromatic carbocycles. The molecule has 0 aliphatic carbocycles. The van der Waals surface area contributed by atoms with Gasteiger partial charge in [0, 0.05) is 24.4 Å². The lowest BCUT2D eigenvalue weighted by atomic mass is 9.98. The second kappa shape index (κ2) is 6.23. The number of carbonyl (C=O) groups excluding carboxylic acids is 1. The first-order valence-electron chi connectivity index (χ1n) is 8.98. The molecule has 5 rings (SSSR count). The number of furan rings is 1. The van der Waals surface area contributed by atoms with Gasteiger partial charge in [-0.1, -0.05) is 18.2 Å². The normalized spacial score (nSPS) is 18.3. The largest absolute Gasteiger partial charge is 0.493 e. The molecule has 1 saturated heterocycles. The van der Waals surface area contributed by atoms with Crippen LogP contribution in [0.1, 0.15) is 28.5 Å². The van der Waals surface area contributed by atoms with Crippen molar-refractivity contribution in [2.24, 2.45) is 0 Å². The molecule has 0 unspecified atom stereocenters. The molecular weight excluding hydrogens is 346 g/mol. The van der Waals surface area contributed by atoms with Gasteiger partial charge in [0.1, 0.15) is 0 Å². The SMILES string of the molecule is COc1cccc2cc(C(=O)N3CC[C@@H](c4ccc5c(c4)OCO5)C3)oc12. The van der Waals surface area contributed by atoms with Gasteiger partial charge in [-0.25, -0.2) is 0 Å². The van der Waals surface area contributed by atoms with Crippen molar-refractivity contribution in [2.45, 2.75) is 12.3 Å². The van der Waals surface area contributed by atoms with Crippen LogP contribution in [-0.2, 0) is 0 Å². The van der Waals surface area contributed by atoms with E-state index >= 15 is 0 Å². The number of likely N-dealkylation sites (tertiary alicyclic amines) is 1. The minimum atomic E-state index is -0.0866. The molecule has 2 aliphatic heterocycles. The third-order valence-electron chi connectivity index (χ3n) is 5.28. The molecule has 1 aromatic heterocycles. The molecule has 6 nitrogen and oxygen atoms in total. The van der Waals surface area contributed by atoms with Crippen molar-refractivity contribution in [1.82, 2.24) is 4.90 Å². The Morgan fingerprint density at radius 3 is 2.93 bits per heavy atom. The summed E-state index contributed by atoms with van der Waals surface area (Å²) in [5.74, 6) is 2.73. The average molecular weight is 365 g/mol. The van der Waals surface area contributed by atoms with E-state index in [2.05, 4.69) is 6.07 Å². The van der Waals surface area contributed by atoms with Gasteiger partial charge < -0.3 is 23.5 Å². The van der Waals surface area contributed by atoms with Crippen molar-refractivity contribution in [1.29, 1.82) is 0 Å². The summed E-state index contributed by atoms with van der Waals surface area (Å²) in [5, 5.41) is 0.865. The number of hydrogen-bond donors (Lipinski definition) is 0. The second-order valence-corrected chi connectivity index (χ2v) is 6.84. The monoisotopic (exact) mass is 365 g/mol. The van der Waals surface area contributed by atoms with Crippen LogP contribution in [0.25, 0.3) is 11.0 Å². The molecule has 1 fully saturated rings. The van der Waals surface area contributed by atoms with Crippen molar-refractivity contribution in [2.75, 3.05) is 27.0 Å². The molecular formula is C21H19NO5. The zero-order valence-electron chi connectivity index (χ0n) is 14.9. The maximum absolute atomic E-state index is 12.9.